The molecule has 0 saturated carbocycles. The Balaban J connectivity index is 1.86. The first kappa shape index (κ1) is 13.0. The molecule has 1 fully saturated rings. The van der Waals surface area contributed by atoms with Crippen molar-refractivity contribution in [1.82, 2.24) is 25.2 Å². The molecule has 100 valence electrons. The first-order valence-corrected chi connectivity index (χ1v) is 6.28. The van der Waals surface area contributed by atoms with Crippen molar-refractivity contribution in [1.29, 1.82) is 0 Å². The maximum absolute atomic E-state index is 11.9. The molecule has 0 bridgehead atoms. The number of nitrogens with one attached hydrogen (secondary N) is 1. The van der Waals surface area contributed by atoms with E-state index in [0.717, 1.165) is 25.9 Å². The summed E-state index contributed by atoms with van der Waals surface area (Å²) in [5, 5.41) is 10.7. The van der Waals surface area contributed by atoms with Crippen LogP contribution >= 0.6 is 0 Å². The number of carbonyl (C=O) groups is 1. The molecule has 0 aromatic carbocycles. The van der Waals surface area contributed by atoms with Crippen molar-refractivity contribution >= 4 is 5.91 Å². The molecule has 0 aliphatic carbocycles. The topological polar surface area (TPSA) is 89.1 Å². The van der Waals surface area contributed by atoms with Gasteiger partial charge < -0.3 is 16.0 Å². The molecule has 1 aromatic heterocycles. The number of amides is 1. The summed E-state index contributed by atoms with van der Waals surface area (Å²) >= 11 is 0. The number of nitrogens with zero attached hydrogens (tertiary/aromatic N) is 4. The molecule has 1 aromatic rings. The molecule has 2 heterocycles. The highest BCUT2D eigenvalue weighted by molar-refractivity contribution is 5.92. The summed E-state index contributed by atoms with van der Waals surface area (Å²) in [4.78, 5) is 14.2. The van der Waals surface area contributed by atoms with Gasteiger partial charge in [-0.3, -0.25) is 9.48 Å². The molecule has 0 atom stereocenters. The summed E-state index contributed by atoms with van der Waals surface area (Å²) in [6.45, 7) is 3.10. The Morgan fingerprint density at radius 3 is 2.94 bits per heavy atom. The Morgan fingerprint density at radius 1 is 1.56 bits per heavy atom. The zero-order valence-corrected chi connectivity index (χ0v) is 10.7. The molecule has 7 nitrogen and oxygen atoms in total. The Hall–Kier alpha value is -1.47. The summed E-state index contributed by atoms with van der Waals surface area (Å²) in [5.74, 6) is -0.146. The predicted molar refractivity (Wildman–Crippen MR) is 67.1 cm³/mol. The molecule has 1 aliphatic rings. The Bertz CT molecular complexity index is 396. The van der Waals surface area contributed by atoms with Crippen molar-refractivity contribution in [3.63, 3.8) is 0 Å². The lowest BCUT2D eigenvalue weighted by Crippen LogP contribution is -2.43. The SMILES string of the molecule is CN1CCC(NC(=O)c2cn(CCN)nn2)CC1. The summed E-state index contributed by atoms with van der Waals surface area (Å²) in [6, 6.07) is 0.244. The van der Waals surface area contributed by atoms with Crippen LogP contribution in [0.15, 0.2) is 6.20 Å². The van der Waals surface area contributed by atoms with Crippen molar-refractivity contribution in [3.05, 3.63) is 11.9 Å². The molecule has 1 amide bonds. The molecule has 2 rings (SSSR count). The van der Waals surface area contributed by atoms with Gasteiger partial charge in [-0.25, -0.2) is 0 Å². The maximum atomic E-state index is 11.9. The lowest BCUT2D eigenvalue weighted by molar-refractivity contribution is 0.0911. The van der Waals surface area contributed by atoms with Gasteiger partial charge in [-0.05, 0) is 33.0 Å². The first-order valence-electron chi connectivity index (χ1n) is 6.28. The minimum absolute atomic E-state index is 0.146. The number of aromatic nitrogens is 3. The third-order valence-corrected chi connectivity index (χ3v) is 3.18. The number of piperidine rings is 1. The summed E-state index contributed by atoms with van der Waals surface area (Å²) < 4.78 is 1.59. The van der Waals surface area contributed by atoms with Gasteiger partial charge in [-0.1, -0.05) is 5.21 Å². The van der Waals surface area contributed by atoms with E-state index in [-0.39, 0.29) is 11.9 Å². The maximum Gasteiger partial charge on any atom is 0.273 e. The van der Waals surface area contributed by atoms with Crippen LogP contribution in [0.1, 0.15) is 23.3 Å². The highest BCUT2D eigenvalue weighted by Gasteiger charge is 2.20. The zero-order chi connectivity index (χ0) is 13.0. The van der Waals surface area contributed by atoms with Crippen molar-refractivity contribution in [2.45, 2.75) is 25.4 Å². The van der Waals surface area contributed by atoms with Gasteiger partial charge in [0.05, 0.1) is 12.7 Å². The van der Waals surface area contributed by atoms with Crippen LogP contribution < -0.4 is 11.1 Å². The molecule has 0 unspecified atom stereocenters. The van der Waals surface area contributed by atoms with E-state index in [1.165, 1.54) is 0 Å². The van der Waals surface area contributed by atoms with Crippen molar-refractivity contribution in [2.24, 2.45) is 5.73 Å². The standard InChI is InChI=1S/C11H20N6O/c1-16-5-2-9(3-6-16)13-11(18)10-8-17(7-4-12)15-14-10/h8-9H,2-7,12H2,1H3,(H,13,18). The van der Waals surface area contributed by atoms with Crippen molar-refractivity contribution in [2.75, 3.05) is 26.7 Å². The van der Waals surface area contributed by atoms with Crippen molar-refractivity contribution < 1.29 is 4.79 Å². The van der Waals surface area contributed by atoms with E-state index in [9.17, 15) is 4.79 Å². The molecule has 1 saturated heterocycles. The van der Waals surface area contributed by atoms with Crippen LogP contribution in [0.4, 0.5) is 0 Å². The lowest BCUT2D eigenvalue weighted by atomic mass is 10.1. The molecule has 7 heteroatoms. The third-order valence-electron chi connectivity index (χ3n) is 3.18. The number of likely N-dealkylation sites (tertiary alicyclic amines) is 1. The second kappa shape index (κ2) is 5.92. The third kappa shape index (κ3) is 3.27. The molecular weight excluding hydrogens is 232 g/mol. The van der Waals surface area contributed by atoms with Crippen LogP contribution in [0, 0.1) is 0 Å². The largest absolute Gasteiger partial charge is 0.348 e. The number of carbonyl (C=O) groups excluding carboxylic acids is 1. The fourth-order valence-electron chi connectivity index (χ4n) is 2.06. The van der Waals surface area contributed by atoms with Crippen LogP contribution in [-0.4, -0.2) is 58.5 Å². The predicted octanol–water partition coefficient (Wildman–Crippen LogP) is -0.939. The molecule has 18 heavy (non-hydrogen) atoms. The molecule has 0 spiro atoms. The van der Waals surface area contributed by atoms with Gasteiger partial charge in [0.2, 0.25) is 0 Å². The second-order valence-electron chi connectivity index (χ2n) is 4.71. The van der Waals surface area contributed by atoms with E-state index < -0.39 is 0 Å². The van der Waals surface area contributed by atoms with Gasteiger partial charge in [0.25, 0.3) is 5.91 Å². The van der Waals surface area contributed by atoms with Gasteiger partial charge in [0, 0.05) is 12.6 Å². The van der Waals surface area contributed by atoms with Crippen LogP contribution in [0.2, 0.25) is 0 Å². The molecule has 1 aliphatic heterocycles. The zero-order valence-electron chi connectivity index (χ0n) is 10.7. The lowest BCUT2D eigenvalue weighted by Gasteiger charge is -2.29. The smallest absolute Gasteiger partial charge is 0.273 e. The van der Waals surface area contributed by atoms with E-state index in [1.54, 1.807) is 10.9 Å². The van der Waals surface area contributed by atoms with Crippen LogP contribution in [0.5, 0.6) is 0 Å². The average molecular weight is 252 g/mol. The van der Waals surface area contributed by atoms with Crippen molar-refractivity contribution in [3.8, 4) is 0 Å². The van der Waals surface area contributed by atoms with Gasteiger partial charge in [-0.2, -0.15) is 0 Å². The van der Waals surface area contributed by atoms with Gasteiger partial charge in [0.1, 0.15) is 0 Å². The number of hydrogen-bond acceptors (Lipinski definition) is 5. The fourth-order valence-corrected chi connectivity index (χ4v) is 2.06. The average Bonchev–Trinajstić information content (AvgIpc) is 2.81. The number of nitrogens with two attached hydrogens (primary N) is 1. The summed E-state index contributed by atoms with van der Waals surface area (Å²) in [7, 11) is 2.09. The second-order valence-corrected chi connectivity index (χ2v) is 4.71. The summed E-state index contributed by atoms with van der Waals surface area (Å²) in [6.07, 6.45) is 3.61. The Kier molecular flexibility index (Phi) is 4.27. The molecule has 3 N–H and O–H groups in total. The van der Waals surface area contributed by atoms with E-state index >= 15 is 0 Å². The van der Waals surface area contributed by atoms with Crippen LogP contribution in [-0.2, 0) is 6.54 Å². The monoisotopic (exact) mass is 252 g/mol. The van der Waals surface area contributed by atoms with E-state index in [4.69, 9.17) is 5.73 Å². The minimum atomic E-state index is -0.146. The van der Waals surface area contributed by atoms with Gasteiger partial charge in [-0.15, -0.1) is 5.10 Å². The molecule has 0 radical (unpaired) electrons. The van der Waals surface area contributed by atoms with Crippen LogP contribution in [0.3, 0.4) is 0 Å². The Morgan fingerprint density at radius 2 is 2.28 bits per heavy atom. The number of rotatable bonds is 4. The highest BCUT2D eigenvalue weighted by atomic mass is 16.2. The minimum Gasteiger partial charge on any atom is -0.348 e. The van der Waals surface area contributed by atoms with Crippen LogP contribution in [0.25, 0.3) is 0 Å². The quantitative estimate of drug-likeness (QED) is 0.722. The normalized spacial score (nSPS) is 17.9. The first-order chi connectivity index (χ1) is 8.69. The number of hydrogen-bond donors (Lipinski definition) is 2. The van der Waals surface area contributed by atoms with Gasteiger partial charge in [0.15, 0.2) is 5.69 Å². The van der Waals surface area contributed by atoms with E-state index in [0.29, 0.717) is 18.8 Å². The van der Waals surface area contributed by atoms with Gasteiger partial charge >= 0.3 is 0 Å². The fraction of sp³-hybridized carbons (Fsp3) is 0.727. The molecular formula is C11H20N6O. The Labute approximate surface area is 106 Å². The van der Waals surface area contributed by atoms with E-state index in [2.05, 4.69) is 27.6 Å². The highest BCUT2D eigenvalue weighted by Crippen LogP contribution is 2.08. The summed E-state index contributed by atoms with van der Waals surface area (Å²) in [5.41, 5.74) is 5.78. The van der Waals surface area contributed by atoms with E-state index in [1.807, 2.05) is 0 Å².